The van der Waals surface area contributed by atoms with Crippen LogP contribution in [-0.2, 0) is 9.84 Å². The quantitative estimate of drug-likeness (QED) is 0.495. The van der Waals surface area contributed by atoms with Crippen molar-refractivity contribution in [3.8, 4) is 17.1 Å². The molecular weight excluding hydrogens is 368 g/mol. The summed E-state index contributed by atoms with van der Waals surface area (Å²) in [6.07, 6.45) is 1.71. The minimum atomic E-state index is -3.65. The van der Waals surface area contributed by atoms with Crippen molar-refractivity contribution in [1.82, 2.24) is 9.55 Å². The van der Waals surface area contributed by atoms with Gasteiger partial charge in [-0.1, -0.05) is 54.1 Å². The lowest BCUT2D eigenvalue weighted by Crippen LogP contribution is -2.06. The molecule has 0 atom stereocenters. The maximum absolute atomic E-state index is 13.4. The second-order valence-electron chi connectivity index (χ2n) is 6.69. The molecule has 4 rings (SSSR count). The zero-order chi connectivity index (χ0) is 19.7. The van der Waals surface area contributed by atoms with Gasteiger partial charge in [0.25, 0.3) is 0 Å². The highest BCUT2D eigenvalue weighted by Gasteiger charge is 2.26. The van der Waals surface area contributed by atoms with Crippen LogP contribution in [0.1, 0.15) is 11.3 Å². The molecule has 2 aromatic carbocycles. The van der Waals surface area contributed by atoms with Gasteiger partial charge in [-0.15, -0.1) is 0 Å². The van der Waals surface area contributed by atoms with E-state index in [1.165, 1.54) is 0 Å². The molecule has 0 fully saturated rings. The number of nitrogens with zero attached hydrogens (tertiary/aromatic N) is 2. The van der Waals surface area contributed by atoms with E-state index in [1.807, 2.05) is 79.1 Å². The van der Waals surface area contributed by atoms with E-state index in [9.17, 15) is 8.42 Å². The summed E-state index contributed by atoms with van der Waals surface area (Å²) in [4.78, 5) is 5.03. The summed E-state index contributed by atoms with van der Waals surface area (Å²) in [5.74, 6) is 0.684. The van der Waals surface area contributed by atoms with Gasteiger partial charge in [-0.2, -0.15) is 0 Å². The summed E-state index contributed by atoms with van der Waals surface area (Å²) < 4.78 is 28.6. The number of pyridine rings is 1. The Morgan fingerprint density at radius 1 is 0.821 bits per heavy atom. The molecule has 0 saturated heterocycles. The van der Waals surface area contributed by atoms with Crippen molar-refractivity contribution >= 4 is 9.84 Å². The van der Waals surface area contributed by atoms with Crippen LogP contribution in [0, 0.1) is 13.8 Å². The average Bonchev–Trinajstić information content (AvgIpc) is 3.07. The summed E-state index contributed by atoms with van der Waals surface area (Å²) in [7, 11) is -3.65. The van der Waals surface area contributed by atoms with E-state index in [1.54, 1.807) is 24.4 Å². The van der Waals surface area contributed by atoms with Gasteiger partial charge in [0.1, 0.15) is 5.82 Å². The Kier molecular flexibility index (Phi) is 4.61. The fourth-order valence-corrected chi connectivity index (χ4v) is 4.80. The van der Waals surface area contributed by atoms with Crippen LogP contribution in [0.4, 0.5) is 0 Å². The lowest BCUT2D eigenvalue weighted by Gasteiger charge is -2.11. The van der Waals surface area contributed by atoms with Gasteiger partial charge in [-0.05, 0) is 49.7 Å². The molecule has 0 spiro atoms. The minimum absolute atomic E-state index is 0.291. The molecule has 5 heteroatoms. The third kappa shape index (κ3) is 3.14. The fraction of sp³-hybridized carbons (Fsp3) is 0.0870. The molecule has 0 amide bonds. The number of aryl methyl sites for hydroxylation is 1. The first-order valence-electron chi connectivity index (χ1n) is 8.99. The van der Waals surface area contributed by atoms with Crippen LogP contribution in [0.2, 0.25) is 0 Å². The summed E-state index contributed by atoms with van der Waals surface area (Å²) in [6, 6.07) is 24.1. The number of sulfone groups is 1. The zero-order valence-electron chi connectivity index (χ0n) is 15.7. The van der Waals surface area contributed by atoms with Crippen molar-refractivity contribution < 1.29 is 8.42 Å². The van der Waals surface area contributed by atoms with Crippen LogP contribution in [-0.4, -0.2) is 18.0 Å². The molecule has 4 nitrogen and oxygen atoms in total. The van der Waals surface area contributed by atoms with Crippen LogP contribution in [0.3, 0.4) is 0 Å². The number of benzene rings is 2. The molecule has 2 aromatic heterocycles. The Labute approximate surface area is 165 Å². The van der Waals surface area contributed by atoms with Crippen molar-refractivity contribution in [2.45, 2.75) is 23.6 Å². The van der Waals surface area contributed by atoms with E-state index in [0.29, 0.717) is 21.3 Å². The Morgan fingerprint density at radius 2 is 1.50 bits per heavy atom. The van der Waals surface area contributed by atoms with Crippen molar-refractivity contribution in [3.05, 3.63) is 96.3 Å². The van der Waals surface area contributed by atoms with Gasteiger partial charge in [-0.3, -0.25) is 4.57 Å². The maximum atomic E-state index is 13.4. The summed E-state index contributed by atoms with van der Waals surface area (Å²) in [5, 5.41) is 0. The van der Waals surface area contributed by atoms with Crippen LogP contribution in [0.5, 0.6) is 0 Å². The van der Waals surface area contributed by atoms with Gasteiger partial charge in [0.2, 0.25) is 9.84 Å². The molecule has 4 aromatic rings. The molecule has 0 radical (unpaired) electrons. The predicted molar refractivity (Wildman–Crippen MR) is 110 cm³/mol. The second-order valence-corrected chi connectivity index (χ2v) is 8.60. The molecule has 0 aliphatic carbocycles. The van der Waals surface area contributed by atoms with E-state index in [4.69, 9.17) is 0 Å². The van der Waals surface area contributed by atoms with Crippen LogP contribution in [0.25, 0.3) is 17.1 Å². The lowest BCUT2D eigenvalue weighted by atomic mass is 10.1. The number of hydrogen-bond donors (Lipinski definition) is 0. The van der Waals surface area contributed by atoms with Crippen molar-refractivity contribution in [2.24, 2.45) is 0 Å². The molecular formula is C23H20N2O2S. The Balaban J connectivity index is 1.98. The summed E-state index contributed by atoms with van der Waals surface area (Å²) >= 11 is 0. The Bertz CT molecular complexity index is 1210. The summed E-state index contributed by atoms with van der Waals surface area (Å²) in [5.41, 5.74) is 3.38. The second kappa shape index (κ2) is 7.09. The third-order valence-electron chi connectivity index (χ3n) is 4.77. The predicted octanol–water partition coefficient (Wildman–Crippen LogP) is 4.99. The number of aromatic nitrogens is 2. The molecule has 28 heavy (non-hydrogen) atoms. The van der Waals surface area contributed by atoms with Gasteiger partial charge < -0.3 is 0 Å². The Hall–Kier alpha value is -3.18. The summed E-state index contributed by atoms with van der Waals surface area (Å²) in [6.45, 7) is 3.76. The van der Waals surface area contributed by atoms with Gasteiger partial charge in [0, 0.05) is 11.9 Å². The number of hydrogen-bond acceptors (Lipinski definition) is 3. The zero-order valence-corrected chi connectivity index (χ0v) is 16.5. The number of rotatable bonds is 4. The molecule has 0 saturated carbocycles. The van der Waals surface area contributed by atoms with E-state index >= 15 is 0 Å². The van der Waals surface area contributed by atoms with E-state index in [-0.39, 0.29) is 0 Å². The first-order chi connectivity index (χ1) is 13.5. The van der Waals surface area contributed by atoms with E-state index in [0.717, 1.165) is 16.8 Å². The van der Waals surface area contributed by atoms with Crippen LogP contribution >= 0.6 is 0 Å². The molecule has 0 N–H and O–H groups in total. The maximum Gasteiger partial charge on any atom is 0.208 e. The van der Waals surface area contributed by atoms with E-state index in [2.05, 4.69) is 4.98 Å². The first kappa shape index (κ1) is 18.2. The van der Waals surface area contributed by atoms with Gasteiger partial charge in [0.05, 0.1) is 15.5 Å². The molecule has 0 bridgehead atoms. The van der Waals surface area contributed by atoms with E-state index < -0.39 is 9.84 Å². The molecule has 0 unspecified atom stereocenters. The molecule has 0 aliphatic heterocycles. The minimum Gasteiger partial charge on any atom is -0.297 e. The highest BCUT2D eigenvalue weighted by Crippen LogP contribution is 2.33. The topological polar surface area (TPSA) is 52.0 Å². The van der Waals surface area contributed by atoms with Gasteiger partial charge >= 0.3 is 0 Å². The largest absolute Gasteiger partial charge is 0.297 e. The monoisotopic (exact) mass is 388 g/mol. The molecule has 0 aliphatic rings. The molecule has 140 valence electrons. The Morgan fingerprint density at radius 3 is 2.14 bits per heavy atom. The lowest BCUT2D eigenvalue weighted by molar-refractivity contribution is 0.595. The third-order valence-corrected chi connectivity index (χ3v) is 6.65. The molecule has 2 heterocycles. The highest BCUT2D eigenvalue weighted by molar-refractivity contribution is 7.91. The van der Waals surface area contributed by atoms with Gasteiger partial charge in [-0.25, -0.2) is 13.4 Å². The van der Waals surface area contributed by atoms with Crippen LogP contribution in [0.15, 0.2) is 94.9 Å². The fourth-order valence-electron chi connectivity index (χ4n) is 3.30. The SMILES string of the molecule is Cc1ccc(S(=O)(=O)c2cc(-c3ccccc3)n(-c3ccccn3)c2C)cc1. The normalized spacial score (nSPS) is 11.5. The first-order valence-corrected chi connectivity index (χ1v) is 10.5. The standard InChI is InChI=1S/C23H20N2O2S/c1-17-11-13-20(14-12-17)28(26,27)22-16-21(19-8-4-3-5-9-19)25(18(22)2)23-10-6-7-15-24-23/h3-16H,1-2H3. The van der Waals surface area contributed by atoms with Crippen molar-refractivity contribution in [2.75, 3.05) is 0 Å². The van der Waals surface area contributed by atoms with Crippen LogP contribution < -0.4 is 0 Å². The van der Waals surface area contributed by atoms with Gasteiger partial charge in [0.15, 0.2) is 0 Å². The van der Waals surface area contributed by atoms with Crippen molar-refractivity contribution in [3.63, 3.8) is 0 Å². The smallest absolute Gasteiger partial charge is 0.208 e. The highest BCUT2D eigenvalue weighted by atomic mass is 32.2. The average molecular weight is 388 g/mol. The van der Waals surface area contributed by atoms with Crippen molar-refractivity contribution in [1.29, 1.82) is 0 Å².